The van der Waals surface area contributed by atoms with Gasteiger partial charge in [0.25, 0.3) is 0 Å². The molecule has 2 rings (SSSR count). The van der Waals surface area contributed by atoms with E-state index in [0.717, 1.165) is 5.75 Å². The maximum absolute atomic E-state index is 5.39. The summed E-state index contributed by atoms with van der Waals surface area (Å²) in [5.74, 6) is 2.12. The van der Waals surface area contributed by atoms with Gasteiger partial charge in [-0.3, -0.25) is 4.68 Å². The van der Waals surface area contributed by atoms with E-state index in [1.807, 2.05) is 25.0 Å². The lowest BCUT2D eigenvalue weighted by atomic mass is 9.92. The van der Waals surface area contributed by atoms with Crippen LogP contribution in [0.4, 0.5) is 0 Å². The van der Waals surface area contributed by atoms with Crippen molar-refractivity contribution in [1.82, 2.24) is 15.1 Å². The lowest BCUT2D eigenvalue weighted by Gasteiger charge is -2.21. The zero-order chi connectivity index (χ0) is 11.7. The predicted molar refractivity (Wildman–Crippen MR) is 63.7 cm³/mol. The zero-order valence-electron chi connectivity index (χ0n) is 10.5. The van der Waals surface area contributed by atoms with Crippen molar-refractivity contribution in [2.24, 2.45) is 13.0 Å². The van der Waals surface area contributed by atoms with Gasteiger partial charge in [-0.25, -0.2) is 0 Å². The lowest BCUT2D eigenvalue weighted by Crippen LogP contribution is -2.29. The van der Waals surface area contributed by atoms with E-state index < -0.39 is 0 Å². The molecule has 3 unspecified atom stereocenters. The minimum atomic E-state index is 0.555. The van der Waals surface area contributed by atoms with Crippen LogP contribution in [0.1, 0.15) is 31.4 Å². The summed E-state index contributed by atoms with van der Waals surface area (Å²) in [6, 6.07) is 0.615. The van der Waals surface area contributed by atoms with Crippen LogP contribution in [0.15, 0.2) is 6.20 Å². The first kappa shape index (κ1) is 11.5. The van der Waals surface area contributed by atoms with Crippen LogP contribution < -0.4 is 10.1 Å². The molecule has 3 atom stereocenters. The Labute approximate surface area is 97.0 Å². The smallest absolute Gasteiger partial charge is 0.160 e. The number of aryl methyl sites for hydroxylation is 1. The Balaban J connectivity index is 2.27. The van der Waals surface area contributed by atoms with E-state index in [1.165, 1.54) is 18.5 Å². The van der Waals surface area contributed by atoms with Gasteiger partial charge in [-0.15, -0.1) is 0 Å². The molecule has 4 nitrogen and oxygen atoms in total. The van der Waals surface area contributed by atoms with E-state index in [1.54, 1.807) is 7.11 Å². The highest BCUT2D eigenvalue weighted by Crippen LogP contribution is 2.42. The molecule has 90 valence electrons. The summed E-state index contributed by atoms with van der Waals surface area (Å²) in [5.41, 5.74) is 1.24. The van der Waals surface area contributed by atoms with Gasteiger partial charge in [-0.2, -0.15) is 5.10 Å². The first-order valence-electron chi connectivity index (χ1n) is 5.92. The van der Waals surface area contributed by atoms with Crippen LogP contribution in [-0.4, -0.2) is 30.0 Å². The second kappa shape index (κ2) is 4.45. The largest absolute Gasteiger partial charge is 0.493 e. The Hall–Kier alpha value is -1.03. The molecule has 0 aromatic carbocycles. The normalized spacial score (nSPS) is 29.6. The van der Waals surface area contributed by atoms with Gasteiger partial charge in [0, 0.05) is 19.0 Å². The highest BCUT2D eigenvalue weighted by Gasteiger charge is 2.36. The molecule has 4 heteroatoms. The first-order chi connectivity index (χ1) is 7.69. The molecule has 1 N–H and O–H groups in total. The summed E-state index contributed by atoms with van der Waals surface area (Å²) < 4.78 is 7.35. The molecule has 1 aliphatic rings. The third-order valence-corrected chi connectivity index (χ3v) is 3.95. The summed E-state index contributed by atoms with van der Waals surface area (Å²) in [5, 5.41) is 7.68. The number of hydrogen-bond donors (Lipinski definition) is 1. The number of aromatic nitrogens is 2. The van der Waals surface area contributed by atoms with Crippen LogP contribution in [-0.2, 0) is 7.05 Å². The van der Waals surface area contributed by atoms with E-state index >= 15 is 0 Å². The molecule has 0 bridgehead atoms. The third-order valence-electron chi connectivity index (χ3n) is 3.95. The Kier molecular flexibility index (Phi) is 3.19. The summed E-state index contributed by atoms with van der Waals surface area (Å²) in [6.45, 7) is 2.31. The van der Waals surface area contributed by atoms with E-state index in [2.05, 4.69) is 17.3 Å². The molecule has 0 amide bonds. The fourth-order valence-electron chi connectivity index (χ4n) is 2.97. The Bertz CT molecular complexity index is 361. The van der Waals surface area contributed by atoms with Crippen molar-refractivity contribution in [3.8, 4) is 5.75 Å². The van der Waals surface area contributed by atoms with Gasteiger partial charge in [0.05, 0.1) is 19.0 Å². The molecule has 1 aromatic heterocycles. The molecule has 1 fully saturated rings. The molecular weight excluding hydrogens is 202 g/mol. The monoisotopic (exact) mass is 223 g/mol. The van der Waals surface area contributed by atoms with Gasteiger partial charge in [-0.05, 0) is 25.8 Å². The highest BCUT2D eigenvalue weighted by atomic mass is 16.5. The Morgan fingerprint density at radius 2 is 2.25 bits per heavy atom. The molecule has 1 heterocycles. The van der Waals surface area contributed by atoms with Gasteiger partial charge < -0.3 is 10.1 Å². The van der Waals surface area contributed by atoms with Crippen LogP contribution in [0.25, 0.3) is 0 Å². The molecule has 0 radical (unpaired) electrons. The molecule has 1 saturated carbocycles. The van der Waals surface area contributed by atoms with Crippen molar-refractivity contribution < 1.29 is 4.74 Å². The maximum Gasteiger partial charge on any atom is 0.160 e. The van der Waals surface area contributed by atoms with Gasteiger partial charge in [0.2, 0.25) is 0 Å². The summed E-state index contributed by atoms with van der Waals surface area (Å²) in [7, 11) is 5.76. The average molecular weight is 223 g/mol. The molecule has 0 aliphatic heterocycles. The second-order valence-electron chi connectivity index (χ2n) is 4.66. The quantitative estimate of drug-likeness (QED) is 0.844. The van der Waals surface area contributed by atoms with Crippen molar-refractivity contribution >= 4 is 0 Å². The lowest BCUT2D eigenvalue weighted by molar-refractivity contribution is 0.380. The summed E-state index contributed by atoms with van der Waals surface area (Å²) >= 11 is 0. The molecule has 0 spiro atoms. The van der Waals surface area contributed by atoms with Crippen LogP contribution in [0, 0.1) is 5.92 Å². The number of hydrogen-bond acceptors (Lipinski definition) is 3. The minimum absolute atomic E-state index is 0.555. The predicted octanol–water partition coefficient (Wildman–Crippen LogP) is 1.53. The number of rotatable bonds is 3. The van der Waals surface area contributed by atoms with Crippen molar-refractivity contribution in [2.45, 2.75) is 31.7 Å². The maximum atomic E-state index is 5.39. The number of ether oxygens (including phenoxy) is 1. The molecule has 1 aromatic rings. The van der Waals surface area contributed by atoms with Crippen molar-refractivity contribution in [1.29, 1.82) is 0 Å². The first-order valence-corrected chi connectivity index (χ1v) is 5.92. The van der Waals surface area contributed by atoms with Gasteiger partial charge in [-0.1, -0.05) is 6.92 Å². The molecule has 16 heavy (non-hydrogen) atoms. The standard InChI is InChI=1S/C12H21N3O/c1-8-9(5-6-10(8)13-2)12-11(16-4)7-14-15(12)3/h7-10,13H,5-6H2,1-4H3. The van der Waals surface area contributed by atoms with Gasteiger partial charge >= 0.3 is 0 Å². The topological polar surface area (TPSA) is 39.1 Å². The highest BCUT2D eigenvalue weighted by molar-refractivity contribution is 5.30. The zero-order valence-corrected chi connectivity index (χ0v) is 10.5. The van der Waals surface area contributed by atoms with Crippen molar-refractivity contribution in [3.63, 3.8) is 0 Å². The van der Waals surface area contributed by atoms with Crippen LogP contribution in [0.5, 0.6) is 5.75 Å². The fraction of sp³-hybridized carbons (Fsp3) is 0.750. The average Bonchev–Trinajstić information content (AvgIpc) is 2.81. The molecular formula is C12H21N3O. The molecule has 0 saturated heterocycles. The van der Waals surface area contributed by atoms with Crippen LogP contribution in [0.3, 0.4) is 0 Å². The van der Waals surface area contributed by atoms with Crippen LogP contribution >= 0.6 is 0 Å². The van der Waals surface area contributed by atoms with E-state index in [4.69, 9.17) is 4.74 Å². The van der Waals surface area contributed by atoms with Gasteiger partial charge in [0.15, 0.2) is 5.75 Å². The second-order valence-corrected chi connectivity index (χ2v) is 4.66. The Morgan fingerprint density at radius 3 is 2.81 bits per heavy atom. The Morgan fingerprint density at radius 1 is 1.50 bits per heavy atom. The van der Waals surface area contributed by atoms with Crippen molar-refractivity contribution in [2.75, 3.05) is 14.2 Å². The number of nitrogens with zero attached hydrogens (tertiary/aromatic N) is 2. The summed E-state index contributed by atoms with van der Waals surface area (Å²) in [4.78, 5) is 0. The van der Waals surface area contributed by atoms with Gasteiger partial charge in [0.1, 0.15) is 0 Å². The van der Waals surface area contributed by atoms with E-state index in [9.17, 15) is 0 Å². The minimum Gasteiger partial charge on any atom is -0.493 e. The van der Waals surface area contributed by atoms with Crippen molar-refractivity contribution in [3.05, 3.63) is 11.9 Å². The number of methoxy groups -OCH3 is 1. The SMILES string of the molecule is CNC1CCC(c2c(OC)cnn2C)C1C. The molecule has 1 aliphatic carbocycles. The summed E-state index contributed by atoms with van der Waals surface area (Å²) in [6.07, 6.45) is 4.26. The van der Waals surface area contributed by atoms with E-state index in [0.29, 0.717) is 17.9 Å². The fourth-order valence-corrected chi connectivity index (χ4v) is 2.97. The van der Waals surface area contributed by atoms with Crippen LogP contribution in [0.2, 0.25) is 0 Å². The third kappa shape index (κ3) is 1.71. The van der Waals surface area contributed by atoms with E-state index in [-0.39, 0.29) is 0 Å². The number of nitrogens with one attached hydrogen (secondary N) is 1.